The van der Waals surface area contributed by atoms with E-state index in [1.54, 1.807) is 42.6 Å². The molecule has 180 valence electrons. The number of anilines is 5. The number of carbonyl (C=O) groups excluding carboxylic acids is 2. The summed E-state index contributed by atoms with van der Waals surface area (Å²) in [7, 11) is 3.90. The van der Waals surface area contributed by atoms with E-state index in [4.69, 9.17) is 11.6 Å². The van der Waals surface area contributed by atoms with Gasteiger partial charge in [0.25, 0.3) is 5.91 Å². The lowest BCUT2D eigenvalue weighted by Crippen LogP contribution is -2.13. The van der Waals surface area contributed by atoms with Crippen molar-refractivity contribution >= 4 is 52.1 Å². The zero-order valence-electron chi connectivity index (χ0n) is 19.7. The fraction of sp³-hybridized carbons (Fsp3) is 0.111. The molecule has 0 bridgehead atoms. The first-order chi connectivity index (χ1) is 17.4. The Morgan fingerprint density at radius 2 is 1.83 bits per heavy atom. The molecule has 5 rings (SSSR count). The van der Waals surface area contributed by atoms with E-state index in [0.717, 1.165) is 28.2 Å². The number of nitrogens with zero attached hydrogens (tertiary/aromatic N) is 3. The van der Waals surface area contributed by atoms with Gasteiger partial charge in [0, 0.05) is 59.1 Å². The van der Waals surface area contributed by atoms with Crippen molar-refractivity contribution in [2.45, 2.75) is 6.42 Å². The van der Waals surface area contributed by atoms with Crippen molar-refractivity contribution in [3.63, 3.8) is 0 Å². The van der Waals surface area contributed by atoms with Crippen LogP contribution in [0.3, 0.4) is 0 Å². The first-order valence-electron chi connectivity index (χ1n) is 11.3. The third-order valence-electron chi connectivity index (χ3n) is 5.75. The first kappa shape index (κ1) is 23.3. The second kappa shape index (κ2) is 9.67. The quantitative estimate of drug-likeness (QED) is 0.343. The van der Waals surface area contributed by atoms with Gasteiger partial charge in [0.2, 0.25) is 11.9 Å². The molecule has 3 aromatic carbocycles. The van der Waals surface area contributed by atoms with Gasteiger partial charge in [-0.2, -0.15) is 0 Å². The van der Waals surface area contributed by atoms with Gasteiger partial charge in [0.15, 0.2) is 0 Å². The van der Waals surface area contributed by atoms with Crippen molar-refractivity contribution in [1.29, 1.82) is 0 Å². The molecule has 0 aliphatic carbocycles. The number of benzene rings is 3. The van der Waals surface area contributed by atoms with Crippen molar-refractivity contribution < 1.29 is 9.59 Å². The van der Waals surface area contributed by atoms with E-state index in [0.29, 0.717) is 27.9 Å². The summed E-state index contributed by atoms with van der Waals surface area (Å²) in [4.78, 5) is 36.0. The maximum Gasteiger partial charge on any atom is 0.255 e. The molecule has 0 unspecified atom stereocenters. The number of fused-ring (bicyclic) bond motifs is 3. The summed E-state index contributed by atoms with van der Waals surface area (Å²) in [5.74, 6) is 0.0248. The Labute approximate surface area is 213 Å². The maximum atomic E-state index is 12.7. The number of aromatic nitrogens is 2. The molecule has 2 amide bonds. The molecule has 1 aliphatic heterocycles. The summed E-state index contributed by atoms with van der Waals surface area (Å²) in [6.45, 7) is 0. The van der Waals surface area contributed by atoms with Crippen LogP contribution in [0.1, 0.15) is 15.9 Å². The summed E-state index contributed by atoms with van der Waals surface area (Å²) < 4.78 is 0. The van der Waals surface area contributed by atoms with E-state index in [1.807, 2.05) is 49.3 Å². The zero-order valence-corrected chi connectivity index (χ0v) is 20.4. The van der Waals surface area contributed by atoms with Gasteiger partial charge in [-0.05, 0) is 60.7 Å². The number of hydrogen-bond donors (Lipinski definition) is 3. The van der Waals surface area contributed by atoms with E-state index >= 15 is 0 Å². The minimum Gasteiger partial charge on any atom is -0.378 e. The van der Waals surface area contributed by atoms with Gasteiger partial charge in [0.1, 0.15) is 0 Å². The molecule has 0 atom stereocenters. The fourth-order valence-corrected chi connectivity index (χ4v) is 4.09. The van der Waals surface area contributed by atoms with Crippen LogP contribution in [0, 0.1) is 0 Å². The lowest BCUT2D eigenvalue weighted by Gasteiger charge is -2.14. The third-order valence-corrected chi connectivity index (χ3v) is 5.99. The number of halogens is 1. The minimum absolute atomic E-state index is 0.149. The third kappa shape index (κ3) is 4.99. The first-order valence-corrected chi connectivity index (χ1v) is 11.6. The van der Waals surface area contributed by atoms with Crippen molar-refractivity contribution in [2.75, 3.05) is 34.9 Å². The molecule has 8 nitrogen and oxygen atoms in total. The molecule has 9 heteroatoms. The molecule has 2 heterocycles. The van der Waals surface area contributed by atoms with Crippen LogP contribution < -0.4 is 20.9 Å². The number of hydrogen-bond acceptors (Lipinski definition) is 6. The van der Waals surface area contributed by atoms with E-state index < -0.39 is 0 Å². The Morgan fingerprint density at radius 3 is 2.61 bits per heavy atom. The van der Waals surface area contributed by atoms with E-state index in [2.05, 4.69) is 25.9 Å². The highest BCUT2D eigenvalue weighted by molar-refractivity contribution is 6.31. The lowest BCUT2D eigenvalue weighted by molar-refractivity contribution is -0.115. The van der Waals surface area contributed by atoms with Crippen LogP contribution in [0.15, 0.2) is 72.9 Å². The average molecular weight is 499 g/mol. The Morgan fingerprint density at radius 1 is 1.03 bits per heavy atom. The minimum atomic E-state index is -0.203. The van der Waals surface area contributed by atoms with E-state index in [1.165, 1.54) is 0 Å². The molecule has 0 saturated carbocycles. The highest BCUT2D eigenvalue weighted by Gasteiger charge is 2.21. The predicted molar refractivity (Wildman–Crippen MR) is 143 cm³/mol. The van der Waals surface area contributed by atoms with Gasteiger partial charge in [-0.3, -0.25) is 9.59 Å². The summed E-state index contributed by atoms with van der Waals surface area (Å²) >= 11 is 6.12. The Hall–Kier alpha value is -4.43. The second-order valence-electron chi connectivity index (χ2n) is 8.58. The summed E-state index contributed by atoms with van der Waals surface area (Å²) in [6.07, 6.45) is 1.82. The van der Waals surface area contributed by atoms with E-state index in [9.17, 15) is 9.59 Å². The SMILES string of the molecule is CN(C)c1cccc(NC(=O)c2ccc(Nc3ncc4c(n3)-c3ccc(Cl)cc3NC(=O)C4)cc2)c1. The van der Waals surface area contributed by atoms with Gasteiger partial charge in [-0.25, -0.2) is 9.97 Å². The van der Waals surface area contributed by atoms with Crippen LogP contribution in [0.5, 0.6) is 0 Å². The largest absolute Gasteiger partial charge is 0.378 e. The number of rotatable bonds is 5. The van der Waals surface area contributed by atoms with Crippen LogP contribution in [0.25, 0.3) is 11.3 Å². The van der Waals surface area contributed by atoms with Crippen molar-refractivity contribution in [3.05, 3.63) is 89.1 Å². The normalized spacial score (nSPS) is 12.0. The molecule has 0 fully saturated rings. The van der Waals surface area contributed by atoms with E-state index in [-0.39, 0.29) is 18.2 Å². The average Bonchev–Trinajstić information content (AvgIpc) is 2.99. The summed E-state index contributed by atoms with van der Waals surface area (Å²) in [6, 6.07) is 20.0. The van der Waals surface area contributed by atoms with Crippen LogP contribution in [0.4, 0.5) is 28.7 Å². The topological polar surface area (TPSA) is 99.2 Å². The van der Waals surface area contributed by atoms with Crippen LogP contribution in [-0.4, -0.2) is 35.9 Å². The highest BCUT2D eigenvalue weighted by Crippen LogP contribution is 2.35. The van der Waals surface area contributed by atoms with Gasteiger partial charge in [-0.15, -0.1) is 0 Å². The molecular formula is C27H23ClN6O2. The number of carbonyl (C=O) groups is 2. The number of amides is 2. The van der Waals surface area contributed by atoms with Crippen LogP contribution >= 0.6 is 11.6 Å². The summed E-state index contributed by atoms with van der Waals surface area (Å²) in [5, 5.41) is 9.50. The summed E-state index contributed by atoms with van der Waals surface area (Å²) in [5.41, 5.74) is 5.74. The number of nitrogens with one attached hydrogen (secondary N) is 3. The fourth-order valence-electron chi connectivity index (χ4n) is 3.92. The zero-order chi connectivity index (χ0) is 25.2. The predicted octanol–water partition coefficient (Wildman–Crippen LogP) is 5.35. The molecule has 0 spiro atoms. The molecule has 3 N–H and O–H groups in total. The standard InChI is InChI=1S/C27H23ClN6O2/c1-34(2)21-5-3-4-20(14-21)30-26(36)16-6-9-19(10-7-16)31-27-29-15-17-12-24(35)32-23-13-18(28)8-11-22(23)25(17)33-27/h3-11,13-15H,12H2,1-2H3,(H,30,36)(H,32,35)(H,29,31,33). The van der Waals surface area contributed by atoms with Crippen LogP contribution in [-0.2, 0) is 11.2 Å². The Kier molecular flexibility index (Phi) is 6.26. The maximum absolute atomic E-state index is 12.7. The molecule has 0 saturated heterocycles. The van der Waals surface area contributed by atoms with Gasteiger partial charge in [0.05, 0.1) is 17.8 Å². The highest BCUT2D eigenvalue weighted by atomic mass is 35.5. The smallest absolute Gasteiger partial charge is 0.255 e. The van der Waals surface area contributed by atoms with Crippen LogP contribution in [0.2, 0.25) is 5.02 Å². The molecule has 4 aromatic rings. The van der Waals surface area contributed by atoms with Gasteiger partial charge >= 0.3 is 0 Å². The molecular weight excluding hydrogens is 476 g/mol. The molecule has 1 aliphatic rings. The van der Waals surface area contributed by atoms with Crippen molar-refractivity contribution in [2.24, 2.45) is 0 Å². The molecule has 1 aromatic heterocycles. The van der Waals surface area contributed by atoms with Gasteiger partial charge < -0.3 is 20.9 Å². The Balaban J connectivity index is 1.34. The Bertz CT molecular complexity index is 1470. The molecule has 36 heavy (non-hydrogen) atoms. The van der Waals surface area contributed by atoms with Gasteiger partial charge in [-0.1, -0.05) is 17.7 Å². The molecule has 0 radical (unpaired) electrons. The second-order valence-corrected chi connectivity index (χ2v) is 9.02. The lowest BCUT2D eigenvalue weighted by atomic mass is 10.1. The van der Waals surface area contributed by atoms with Crippen molar-refractivity contribution in [1.82, 2.24) is 9.97 Å². The van der Waals surface area contributed by atoms with Crippen molar-refractivity contribution in [3.8, 4) is 11.3 Å². The monoisotopic (exact) mass is 498 g/mol.